The zero-order valence-corrected chi connectivity index (χ0v) is 12.1. The largest absolute Gasteiger partial charge is 0.368 e. The van der Waals surface area contributed by atoms with E-state index in [4.69, 9.17) is 0 Å². The summed E-state index contributed by atoms with van der Waals surface area (Å²) in [5.41, 5.74) is 2.52. The Morgan fingerprint density at radius 1 is 1.35 bits per heavy atom. The molecule has 0 saturated carbocycles. The van der Waals surface area contributed by atoms with Crippen LogP contribution in [0.5, 0.6) is 0 Å². The Balaban J connectivity index is 1.83. The van der Waals surface area contributed by atoms with Gasteiger partial charge in [0, 0.05) is 38.4 Å². The van der Waals surface area contributed by atoms with Crippen LogP contribution in [0.2, 0.25) is 0 Å². The van der Waals surface area contributed by atoms with E-state index in [0.29, 0.717) is 13.1 Å². The number of piperazine rings is 1. The smallest absolute Gasteiger partial charge is 0.236 e. The number of anilines is 1. The number of nitrogens with one attached hydrogen (secondary N) is 1. The molecule has 1 aromatic rings. The van der Waals surface area contributed by atoms with E-state index in [0.717, 1.165) is 26.2 Å². The number of benzene rings is 1. The molecule has 1 aliphatic rings. The molecule has 4 nitrogen and oxygen atoms in total. The Morgan fingerprint density at radius 2 is 2.10 bits per heavy atom. The average Bonchev–Trinajstić information content (AvgIpc) is 2.47. The average molecular weight is 273 g/mol. The van der Waals surface area contributed by atoms with Crippen molar-refractivity contribution in [2.24, 2.45) is 0 Å². The highest BCUT2D eigenvalue weighted by molar-refractivity contribution is 5.78. The van der Waals surface area contributed by atoms with Crippen molar-refractivity contribution in [1.82, 2.24) is 10.2 Å². The minimum atomic E-state index is 0.177. The first-order valence-corrected chi connectivity index (χ1v) is 7.11. The quantitative estimate of drug-likeness (QED) is 0.651. The lowest BCUT2D eigenvalue weighted by molar-refractivity contribution is -0.130. The van der Waals surface area contributed by atoms with Gasteiger partial charge >= 0.3 is 0 Å². The molecule has 4 heteroatoms. The van der Waals surface area contributed by atoms with Crippen LogP contribution in [0, 0.1) is 6.92 Å². The second-order valence-corrected chi connectivity index (χ2v) is 5.13. The summed E-state index contributed by atoms with van der Waals surface area (Å²) in [5.74, 6) is 0.177. The minimum absolute atomic E-state index is 0.177. The lowest BCUT2D eigenvalue weighted by Gasteiger charge is -2.36. The molecule has 1 N–H and O–H groups in total. The molecule has 108 valence electrons. The molecule has 20 heavy (non-hydrogen) atoms. The van der Waals surface area contributed by atoms with Crippen molar-refractivity contribution >= 4 is 11.6 Å². The van der Waals surface area contributed by atoms with Crippen molar-refractivity contribution in [1.29, 1.82) is 0 Å². The monoisotopic (exact) mass is 273 g/mol. The van der Waals surface area contributed by atoms with Crippen LogP contribution in [-0.4, -0.2) is 50.1 Å². The Labute approximate surface area is 121 Å². The van der Waals surface area contributed by atoms with Crippen LogP contribution < -0.4 is 10.2 Å². The summed E-state index contributed by atoms with van der Waals surface area (Å²) >= 11 is 0. The van der Waals surface area contributed by atoms with Crippen molar-refractivity contribution in [3.05, 3.63) is 42.5 Å². The topological polar surface area (TPSA) is 35.6 Å². The Morgan fingerprint density at radius 3 is 2.75 bits per heavy atom. The van der Waals surface area contributed by atoms with Gasteiger partial charge in [-0.1, -0.05) is 18.2 Å². The number of aryl methyl sites for hydroxylation is 1. The van der Waals surface area contributed by atoms with E-state index in [2.05, 4.69) is 48.0 Å². The van der Waals surface area contributed by atoms with Gasteiger partial charge in [-0.15, -0.1) is 6.58 Å². The van der Waals surface area contributed by atoms with Gasteiger partial charge in [-0.2, -0.15) is 0 Å². The van der Waals surface area contributed by atoms with Gasteiger partial charge in [-0.25, -0.2) is 0 Å². The van der Waals surface area contributed by atoms with Gasteiger partial charge in [0.1, 0.15) is 0 Å². The molecule has 1 aromatic carbocycles. The minimum Gasteiger partial charge on any atom is -0.368 e. The first-order chi connectivity index (χ1) is 9.70. The zero-order valence-electron chi connectivity index (χ0n) is 12.1. The molecule has 1 fully saturated rings. The fourth-order valence-corrected chi connectivity index (χ4v) is 2.43. The number of amides is 1. The first-order valence-electron chi connectivity index (χ1n) is 7.11. The van der Waals surface area contributed by atoms with Crippen molar-refractivity contribution < 1.29 is 4.79 Å². The highest BCUT2D eigenvalue weighted by Gasteiger charge is 2.20. The van der Waals surface area contributed by atoms with Gasteiger partial charge < -0.3 is 15.1 Å². The molecule has 0 aromatic heterocycles. The number of rotatable bonds is 5. The molecule has 0 aliphatic carbocycles. The van der Waals surface area contributed by atoms with E-state index in [1.165, 1.54) is 11.3 Å². The number of nitrogens with zero attached hydrogens (tertiary/aromatic N) is 2. The van der Waals surface area contributed by atoms with E-state index in [-0.39, 0.29) is 5.91 Å². The van der Waals surface area contributed by atoms with Gasteiger partial charge in [0.05, 0.1) is 6.54 Å². The standard InChI is InChI=1S/C16H23N3O/c1-3-7-17-13-16(20)19-10-8-18(9-11-19)15-6-4-5-14(2)12-15/h3-6,12,17H,1,7-11,13H2,2H3. The van der Waals surface area contributed by atoms with E-state index in [1.807, 2.05) is 4.90 Å². The van der Waals surface area contributed by atoms with Crippen molar-refractivity contribution in [3.63, 3.8) is 0 Å². The summed E-state index contributed by atoms with van der Waals surface area (Å²) in [5, 5.41) is 3.06. The third kappa shape index (κ3) is 3.84. The molecule has 1 saturated heterocycles. The Hall–Kier alpha value is -1.81. The highest BCUT2D eigenvalue weighted by atomic mass is 16.2. The molecular weight excluding hydrogens is 250 g/mol. The molecule has 0 bridgehead atoms. The fraction of sp³-hybridized carbons (Fsp3) is 0.438. The van der Waals surface area contributed by atoms with E-state index < -0.39 is 0 Å². The normalized spacial score (nSPS) is 15.2. The second kappa shape index (κ2) is 7.10. The second-order valence-electron chi connectivity index (χ2n) is 5.13. The maximum absolute atomic E-state index is 12.0. The zero-order chi connectivity index (χ0) is 14.4. The lowest BCUT2D eigenvalue weighted by Crippen LogP contribution is -2.50. The molecule has 1 amide bonds. The molecule has 0 unspecified atom stereocenters. The van der Waals surface area contributed by atoms with Gasteiger partial charge in [0.25, 0.3) is 0 Å². The third-order valence-electron chi connectivity index (χ3n) is 3.56. The molecule has 0 radical (unpaired) electrons. The molecule has 1 aliphatic heterocycles. The van der Waals surface area contributed by atoms with Crippen LogP contribution >= 0.6 is 0 Å². The van der Waals surface area contributed by atoms with Gasteiger partial charge in [0.15, 0.2) is 0 Å². The van der Waals surface area contributed by atoms with Gasteiger partial charge in [0.2, 0.25) is 5.91 Å². The van der Waals surface area contributed by atoms with Crippen LogP contribution in [0.1, 0.15) is 5.56 Å². The van der Waals surface area contributed by atoms with Crippen LogP contribution in [0.25, 0.3) is 0 Å². The molecule has 2 rings (SSSR count). The van der Waals surface area contributed by atoms with E-state index >= 15 is 0 Å². The summed E-state index contributed by atoms with van der Waals surface area (Å²) in [6.45, 7) is 10.2. The molecule has 1 heterocycles. The van der Waals surface area contributed by atoms with E-state index in [1.54, 1.807) is 6.08 Å². The number of carbonyl (C=O) groups is 1. The summed E-state index contributed by atoms with van der Waals surface area (Å²) in [6, 6.07) is 8.52. The maximum Gasteiger partial charge on any atom is 0.236 e. The molecule has 0 atom stereocenters. The van der Waals surface area contributed by atoms with Crippen LogP contribution in [-0.2, 0) is 4.79 Å². The summed E-state index contributed by atoms with van der Waals surface area (Å²) in [7, 11) is 0. The van der Waals surface area contributed by atoms with Crippen LogP contribution in [0.4, 0.5) is 5.69 Å². The van der Waals surface area contributed by atoms with Crippen molar-refractivity contribution in [3.8, 4) is 0 Å². The number of hydrogen-bond acceptors (Lipinski definition) is 3. The predicted molar refractivity (Wildman–Crippen MR) is 83.0 cm³/mol. The summed E-state index contributed by atoms with van der Waals surface area (Å²) in [4.78, 5) is 16.3. The highest BCUT2D eigenvalue weighted by Crippen LogP contribution is 2.17. The first kappa shape index (κ1) is 14.6. The Kier molecular flexibility index (Phi) is 5.18. The maximum atomic E-state index is 12.0. The number of hydrogen-bond donors (Lipinski definition) is 1. The van der Waals surface area contributed by atoms with Crippen LogP contribution in [0.3, 0.4) is 0 Å². The van der Waals surface area contributed by atoms with Crippen LogP contribution in [0.15, 0.2) is 36.9 Å². The lowest BCUT2D eigenvalue weighted by atomic mass is 10.2. The SMILES string of the molecule is C=CCNCC(=O)N1CCN(c2cccc(C)c2)CC1. The summed E-state index contributed by atoms with van der Waals surface area (Å²) in [6.07, 6.45) is 1.77. The van der Waals surface area contributed by atoms with Gasteiger partial charge in [-0.05, 0) is 24.6 Å². The fourth-order valence-electron chi connectivity index (χ4n) is 2.43. The number of carbonyl (C=O) groups excluding carboxylic acids is 1. The predicted octanol–water partition coefficient (Wildman–Crippen LogP) is 1.42. The van der Waals surface area contributed by atoms with Crippen molar-refractivity contribution in [2.75, 3.05) is 44.2 Å². The summed E-state index contributed by atoms with van der Waals surface area (Å²) < 4.78 is 0. The Bertz CT molecular complexity index is 465. The van der Waals surface area contributed by atoms with Crippen molar-refractivity contribution in [2.45, 2.75) is 6.92 Å². The third-order valence-corrected chi connectivity index (χ3v) is 3.56. The molecule has 0 spiro atoms. The molecular formula is C16H23N3O. The van der Waals surface area contributed by atoms with E-state index in [9.17, 15) is 4.79 Å². The van der Waals surface area contributed by atoms with Gasteiger partial charge in [-0.3, -0.25) is 4.79 Å².